The second-order valence-electron chi connectivity index (χ2n) is 3.36. The van der Waals surface area contributed by atoms with Crippen LogP contribution in [0.2, 0.25) is 0 Å². The highest BCUT2D eigenvalue weighted by Gasteiger charge is 2.13. The number of hydrogen-bond donors (Lipinski definition) is 0. The van der Waals surface area contributed by atoms with Gasteiger partial charge in [0.2, 0.25) is 0 Å². The maximum atomic E-state index is 11.1. The van der Waals surface area contributed by atoms with Crippen molar-refractivity contribution in [2.45, 2.75) is 33.1 Å². The Balaban J connectivity index is 4.24. The fourth-order valence-corrected chi connectivity index (χ4v) is 1.35. The summed E-state index contributed by atoms with van der Waals surface area (Å²) in [4.78, 5) is 11.1. The fourth-order valence-electron chi connectivity index (χ4n) is 1.35. The van der Waals surface area contributed by atoms with E-state index in [1.54, 1.807) is 0 Å². The molecule has 0 aromatic carbocycles. The quantitative estimate of drug-likeness (QED) is 0.482. The van der Waals surface area contributed by atoms with Crippen LogP contribution < -0.4 is 0 Å². The minimum Gasteiger partial charge on any atom is -0.469 e. The summed E-state index contributed by atoms with van der Waals surface area (Å²) in [6.45, 7) is 7.80. The predicted molar refractivity (Wildman–Crippen MR) is 59.0 cm³/mol. The van der Waals surface area contributed by atoms with Gasteiger partial charge in [-0.15, -0.1) is 6.58 Å². The molecule has 0 saturated carbocycles. The van der Waals surface area contributed by atoms with Gasteiger partial charge in [-0.25, -0.2) is 0 Å². The van der Waals surface area contributed by atoms with Crippen LogP contribution in [0, 0.1) is 5.92 Å². The van der Waals surface area contributed by atoms with Gasteiger partial charge in [-0.05, 0) is 25.7 Å². The number of esters is 1. The van der Waals surface area contributed by atoms with Crippen LogP contribution in [0.15, 0.2) is 24.3 Å². The van der Waals surface area contributed by atoms with Crippen LogP contribution in [-0.4, -0.2) is 13.1 Å². The average molecular weight is 196 g/mol. The zero-order valence-electron chi connectivity index (χ0n) is 9.38. The smallest absolute Gasteiger partial charge is 0.306 e. The molecular formula is C12H20O2. The van der Waals surface area contributed by atoms with Crippen LogP contribution in [0.3, 0.4) is 0 Å². The normalized spacial score (nSPS) is 13.5. The predicted octanol–water partition coefficient (Wildman–Crippen LogP) is 3.10. The van der Waals surface area contributed by atoms with Gasteiger partial charge in [0.25, 0.3) is 0 Å². The average Bonchev–Trinajstić information content (AvgIpc) is 2.21. The van der Waals surface area contributed by atoms with E-state index in [2.05, 4.69) is 31.2 Å². The lowest BCUT2D eigenvalue weighted by Gasteiger charge is -2.13. The minimum absolute atomic E-state index is 0.136. The molecule has 80 valence electrons. The van der Waals surface area contributed by atoms with Crippen molar-refractivity contribution in [3.8, 4) is 0 Å². The molecule has 2 heteroatoms. The molecule has 0 saturated heterocycles. The first-order chi connectivity index (χ1) is 6.65. The van der Waals surface area contributed by atoms with Crippen LogP contribution in [0.4, 0.5) is 0 Å². The summed E-state index contributed by atoms with van der Waals surface area (Å²) in [5.74, 6) is 0.172. The molecule has 0 aromatic heterocycles. The van der Waals surface area contributed by atoms with E-state index in [0.717, 1.165) is 12.8 Å². The molecule has 2 nitrogen and oxygen atoms in total. The lowest BCUT2D eigenvalue weighted by atomic mass is 9.93. The summed E-state index contributed by atoms with van der Waals surface area (Å²) >= 11 is 0. The highest BCUT2D eigenvalue weighted by atomic mass is 16.5. The van der Waals surface area contributed by atoms with Crippen LogP contribution in [0.1, 0.15) is 33.1 Å². The van der Waals surface area contributed by atoms with Crippen molar-refractivity contribution < 1.29 is 9.53 Å². The van der Waals surface area contributed by atoms with E-state index >= 15 is 0 Å². The third-order valence-corrected chi connectivity index (χ3v) is 2.38. The molecule has 0 spiro atoms. The number of carbonyl (C=O) groups excluding carboxylic acids is 1. The first kappa shape index (κ1) is 12.9. The third kappa shape index (κ3) is 4.85. The molecule has 1 atom stereocenters. The molecule has 0 heterocycles. The van der Waals surface area contributed by atoms with E-state index in [0.29, 0.717) is 12.3 Å². The van der Waals surface area contributed by atoms with Crippen LogP contribution in [0.5, 0.6) is 0 Å². The maximum absolute atomic E-state index is 11.1. The molecule has 0 aliphatic rings. The Morgan fingerprint density at radius 1 is 1.57 bits per heavy atom. The highest BCUT2D eigenvalue weighted by Crippen LogP contribution is 2.19. The molecule has 0 fully saturated rings. The van der Waals surface area contributed by atoms with Gasteiger partial charge in [0.15, 0.2) is 0 Å². The Morgan fingerprint density at radius 2 is 2.21 bits per heavy atom. The fraction of sp³-hybridized carbons (Fsp3) is 0.583. The first-order valence-electron chi connectivity index (χ1n) is 5.00. The van der Waals surface area contributed by atoms with Crippen molar-refractivity contribution in [1.29, 1.82) is 0 Å². The second-order valence-corrected chi connectivity index (χ2v) is 3.36. The maximum Gasteiger partial charge on any atom is 0.306 e. The van der Waals surface area contributed by atoms with Gasteiger partial charge in [-0.1, -0.05) is 24.6 Å². The summed E-state index contributed by atoms with van der Waals surface area (Å²) < 4.78 is 4.65. The molecule has 0 radical (unpaired) electrons. The van der Waals surface area contributed by atoms with Crippen molar-refractivity contribution in [2.24, 2.45) is 5.92 Å². The van der Waals surface area contributed by atoms with Crippen molar-refractivity contribution in [2.75, 3.05) is 7.11 Å². The first-order valence-corrected chi connectivity index (χ1v) is 5.00. The number of rotatable bonds is 6. The molecule has 0 aliphatic heterocycles. The molecule has 14 heavy (non-hydrogen) atoms. The number of ether oxygens (including phenoxy) is 1. The van der Waals surface area contributed by atoms with Crippen LogP contribution >= 0.6 is 0 Å². The number of hydrogen-bond acceptors (Lipinski definition) is 2. The van der Waals surface area contributed by atoms with Gasteiger partial charge in [-0.2, -0.15) is 0 Å². The zero-order valence-corrected chi connectivity index (χ0v) is 9.38. The van der Waals surface area contributed by atoms with E-state index in [1.165, 1.54) is 12.7 Å². The third-order valence-electron chi connectivity index (χ3n) is 2.38. The Kier molecular flexibility index (Phi) is 6.81. The van der Waals surface area contributed by atoms with Gasteiger partial charge in [0.1, 0.15) is 0 Å². The summed E-state index contributed by atoms with van der Waals surface area (Å²) in [5.41, 5.74) is 1.25. The van der Waals surface area contributed by atoms with Crippen molar-refractivity contribution >= 4 is 5.97 Å². The molecule has 0 bridgehead atoms. The van der Waals surface area contributed by atoms with Gasteiger partial charge >= 0.3 is 5.97 Å². The van der Waals surface area contributed by atoms with Crippen molar-refractivity contribution in [3.63, 3.8) is 0 Å². The largest absolute Gasteiger partial charge is 0.469 e. The number of methoxy groups -OCH3 is 1. The molecule has 0 aliphatic carbocycles. The summed E-state index contributed by atoms with van der Waals surface area (Å²) in [7, 11) is 1.43. The number of allylic oxidation sites excluding steroid dienone is 3. The van der Waals surface area contributed by atoms with Crippen molar-refractivity contribution in [3.05, 3.63) is 24.3 Å². The molecular weight excluding hydrogens is 176 g/mol. The molecule has 0 aromatic rings. The lowest BCUT2D eigenvalue weighted by Crippen LogP contribution is -2.10. The van der Waals surface area contributed by atoms with Crippen LogP contribution in [-0.2, 0) is 9.53 Å². The standard InChI is InChI=1S/C12H20O2/c1-5-7-8-10(3)11(6-2)9-12(13)14-4/h5,8,11H,1,6-7,9H2,2-4H3. The Labute approximate surface area is 86.6 Å². The van der Waals surface area contributed by atoms with Gasteiger partial charge in [0.05, 0.1) is 13.5 Å². The monoisotopic (exact) mass is 196 g/mol. The summed E-state index contributed by atoms with van der Waals surface area (Å²) in [5, 5.41) is 0. The Morgan fingerprint density at radius 3 is 2.64 bits per heavy atom. The van der Waals surface area contributed by atoms with E-state index in [-0.39, 0.29) is 5.97 Å². The molecule has 1 unspecified atom stereocenters. The summed E-state index contributed by atoms with van der Waals surface area (Å²) in [6.07, 6.45) is 6.28. The van der Waals surface area contributed by atoms with Crippen LogP contribution in [0.25, 0.3) is 0 Å². The Hall–Kier alpha value is -1.05. The second kappa shape index (κ2) is 7.36. The molecule has 0 amide bonds. The Bertz CT molecular complexity index is 216. The summed E-state index contributed by atoms with van der Waals surface area (Å²) in [6, 6.07) is 0. The lowest BCUT2D eigenvalue weighted by molar-refractivity contribution is -0.141. The SMILES string of the molecule is C=CCC=C(C)C(CC)CC(=O)OC. The number of carbonyl (C=O) groups is 1. The topological polar surface area (TPSA) is 26.3 Å². The van der Waals surface area contributed by atoms with E-state index < -0.39 is 0 Å². The van der Waals surface area contributed by atoms with Crippen molar-refractivity contribution in [1.82, 2.24) is 0 Å². The van der Waals surface area contributed by atoms with E-state index in [1.807, 2.05) is 6.08 Å². The van der Waals surface area contributed by atoms with Gasteiger partial charge in [-0.3, -0.25) is 4.79 Å². The minimum atomic E-state index is -0.136. The van der Waals surface area contributed by atoms with Gasteiger partial charge < -0.3 is 4.74 Å². The van der Waals surface area contributed by atoms with Gasteiger partial charge in [0, 0.05) is 0 Å². The van der Waals surface area contributed by atoms with E-state index in [4.69, 9.17) is 0 Å². The highest BCUT2D eigenvalue weighted by molar-refractivity contribution is 5.69. The van der Waals surface area contributed by atoms with E-state index in [9.17, 15) is 4.79 Å². The molecule has 0 N–H and O–H groups in total. The zero-order chi connectivity index (χ0) is 11.0. The molecule has 0 rings (SSSR count).